The van der Waals surface area contributed by atoms with Crippen molar-refractivity contribution in [3.05, 3.63) is 64.2 Å². The minimum atomic E-state index is -1.29. The number of amides is 1. The van der Waals surface area contributed by atoms with Crippen molar-refractivity contribution in [3.63, 3.8) is 0 Å². The Kier molecular flexibility index (Phi) is 4.65. The number of ether oxygens (including phenoxy) is 2. The first-order chi connectivity index (χ1) is 14.6. The van der Waals surface area contributed by atoms with Crippen LogP contribution < -0.4 is 9.80 Å². The monoisotopic (exact) mass is 410 g/mol. The Morgan fingerprint density at radius 1 is 0.967 bits per heavy atom. The number of nitrogens with zero attached hydrogens (tertiary/aromatic N) is 4. The summed E-state index contributed by atoms with van der Waals surface area (Å²) in [6.45, 7) is 4.39. The van der Waals surface area contributed by atoms with Gasteiger partial charge >= 0.3 is 0 Å². The lowest BCUT2D eigenvalue weighted by Gasteiger charge is -2.38. The fourth-order valence-corrected chi connectivity index (χ4v) is 4.35. The molecule has 0 N–H and O–H groups in total. The van der Waals surface area contributed by atoms with Crippen LogP contribution in [0.25, 0.3) is 0 Å². The lowest BCUT2D eigenvalue weighted by molar-refractivity contribution is -0.384. The Hall–Kier alpha value is -3.01. The number of para-hydroxylation sites is 1. The summed E-state index contributed by atoms with van der Waals surface area (Å²) in [5.74, 6) is -1.46. The number of piperazine rings is 1. The lowest BCUT2D eigenvalue weighted by Crippen LogP contribution is -2.52. The molecule has 0 unspecified atom stereocenters. The third kappa shape index (κ3) is 3.02. The van der Waals surface area contributed by atoms with E-state index in [0.717, 1.165) is 43.1 Å². The molecule has 30 heavy (non-hydrogen) atoms. The molecular weight excluding hydrogens is 388 g/mol. The maximum atomic E-state index is 13.2. The van der Waals surface area contributed by atoms with E-state index in [9.17, 15) is 14.9 Å². The van der Waals surface area contributed by atoms with Crippen molar-refractivity contribution in [2.24, 2.45) is 0 Å². The quantitative estimate of drug-likeness (QED) is 0.562. The van der Waals surface area contributed by atoms with Gasteiger partial charge < -0.3 is 14.4 Å². The molecule has 0 aliphatic carbocycles. The molecule has 2 saturated heterocycles. The van der Waals surface area contributed by atoms with Crippen LogP contribution in [0.1, 0.15) is 5.56 Å². The summed E-state index contributed by atoms with van der Waals surface area (Å²) in [4.78, 5) is 29.8. The predicted molar refractivity (Wildman–Crippen MR) is 109 cm³/mol. The number of carbonyl (C=O) groups is 1. The van der Waals surface area contributed by atoms with Crippen LogP contribution >= 0.6 is 0 Å². The highest BCUT2D eigenvalue weighted by Crippen LogP contribution is 2.45. The van der Waals surface area contributed by atoms with Gasteiger partial charge in [0, 0.05) is 49.6 Å². The number of fused-ring (bicyclic) bond motifs is 2. The van der Waals surface area contributed by atoms with Gasteiger partial charge in [0.25, 0.3) is 17.4 Å². The third-order valence-corrected chi connectivity index (χ3v) is 5.91. The average molecular weight is 410 g/mol. The van der Waals surface area contributed by atoms with Crippen LogP contribution in [-0.4, -0.2) is 61.8 Å². The first-order valence-corrected chi connectivity index (χ1v) is 10.00. The van der Waals surface area contributed by atoms with Crippen LogP contribution in [0.3, 0.4) is 0 Å². The number of non-ortho nitro benzene ring substituents is 1. The fraction of sp³-hybridized carbons (Fsp3) is 0.381. The van der Waals surface area contributed by atoms with Crippen molar-refractivity contribution < 1.29 is 19.2 Å². The Morgan fingerprint density at radius 3 is 2.30 bits per heavy atom. The van der Waals surface area contributed by atoms with Crippen LogP contribution in [0, 0.1) is 10.1 Å². The van der Waals surface area contributed by atoms with E-state index in [1.54, 1.807) is 17.0 Å². The van der Waals surface area contributed by atoms with Crippen LogP contribution in [0.2, 0.25) is 0 Å². The molecule has 9 nitrogen and oxygen atoms in total. The Balaban J connectivity index is 1.27. The number of hydrogen-bond acceptors (Lipinski definition) is 7. The summed E-state index contributed by atoms with van der Waals surface area (Å²) in [6.07, 6.45) is 0. The Morgan fingerprint density at radius 2 is 1.63 bits per heavy atom. The molecular formula is C21H22N4O5. The zero-order valence-electron chi connectivity index (χ0n) is 16.4. The molecule has 2 aromatic rings. The highest BCUT2D eigenvalue weighted by molar-refractivity contribution is 6.06. The molecule has 2 fully saturated rings. The lowest BCUT2D eigenvalue weighted by atomic mass is 10.1. The van der Waals surface area contributed by atoms with Crippen LogP contribution in [0.4, 0.5) is 17.1 Å². The molecule has 9 heteroatoms. The minimum Gasteiger partial charge on any atom is -0.369 e. The maximum absolute atomic E-state index is 13.2. The van der Waals surface area contributed by atoms with Crippen molar-refractivity contribution in [2.45, 2.75) is 5.79 Å². The van der Waals surface area contributed by atoms with E-state index in [1.165, 1.54) is 12.1 Å². The molecule has 5 rings (SSSR count). The molecule has 0 bridgehead atoms. The summed E-state index contributed by atoms with van der Waals surface area (Å²) in [7, 11) is 0. The van der Waals surface area contributed by atoms with E-state index in [0.29, 0.717) is 19.9 Å². The standard InChI is InChI=1S/C21H22N4O5/c26-20-21(29-13-14-30-21)18-3-1-2-4-19(18)24(20)15-22-9-11-23(12-10-22)16-5-7-17(8-6-16)25(27)28/h1-8H,9-15H2. The van der Waals surface area contributed by atoms with Gasteiger partial charge in [0.2, 0.25) is 0 Å². The first kappa shape index (κ1) is 19.0. The molecule has 1 amide bonds. The third-order valence-electron chi connectivity index (χ3n) is 5.91. The smallest absolute Gasteiger partial charge is 0.293 e. The first-order valence-electron chi connectivity index (χ1n) is 10.00. The molecule has 3 aliphatic rings. The Labute approximate surface area is 173 Å². The van der Waals surface area contributed by atoms with Gasteiger partial charge in [0.05, 0.1) is 30.5 Å². The van der Waals surface area contributed by atoms with Gasteiger partial charge in [0.15, 0.2) is 0 Å². The van der Waals surface area contributed by atoms with Crippen LogP contribution in [0.15, 0.2) is 48.5 Å². The van der Waals surface area contributed by atoms with Crippen LogP contribution in [-0.2, 0) is 20.1 Å². The number of nitro benzene ring substituents is 1. The summed E-state index contributed by atoms with van der Waals surface area (Å²) in [5, 5.41) is 10.8. The minimum absolute atomic E-state index is 0.0916. The van der Waals surface area contributed by atoms with E-state index < -0.39 is 10.7 Å². The van der Waals surface area contributed by atoms with Crippen molar-refractivity contribution in [1.82, 2.24) is 4.90 Å². The Bertz CT molecular complexity index is 966. The number of nitro groups is 1. The van der Waals surface area contributed by atoms with Gasteiger partial charge in [-0.05, 0) is 18.2 Å². The topological polar surface area (TPSA) is 88.4 Å². The molecule has 0 saturated carbocycles. The number of benzene rings is 2. The van der Waals surface area contributed by atoms with Gasteiger partial charge in [-0.25, -0.2) is 0 Å². The summed E-state index contributed by atoms with van der Waals surface area (Å²) < 4.78 is 11.5. The molecule has 3 aliphatic heterocycles. The van der Waals surface area contributed by atoms with E-state index in [-0.39, 0.29) is 11.6 Å². The van der Waals surface area contributed by atoms with E-state index in [2.05, 4.69) is 9.80 Å². The fourth-order valence-electron chi connectivity index (χ4n) is 4.35. The largest absolute Gasteiger partial charge is 0.369 e. The second-order valence-corrected chi connectivity index (χ2v) is 7.58. The molecule has 3 heterocycles. The second-order valence-electron chi connectivity index (χ2n) is 7.58. The number of carbonyl (C=O) groups excluding carboxylic acids is 1. The van der Waals surface area contributed by atoms with E-state index >= 15 is 0 Å². The molecule has 0 aromatic heterocycles. The number of hydrogen-bond donors (Lipinski definition) is 0. The van der Waals surface area contributed by atoms with Crippen LogP contribution in [0.5, 0.6) is 0 Å². The summed E-state index contributed by atoms with van der Waals surface area (Å²) in [6, 6.07) is 14.3. The zero-order chi connectivity index (χ0) is 20.7. The molecule has 2 aromatic carbocycles. The van der Waals surface area contributed by atoms with Gasteiger partial charge in [-0.15, -0.1) is 0 Å². The van der Waals surface area contributed by atoms with Crippen molar-refractivity contribution >= 4 is 23.0 Å². The molecule has 1 spiro atoms. The molecule has 0 radical (unpaired) electrons. The van der Waals surface area contributed by atoms with Crippen molar-refractivity contribution in [1.29, 1.82) is 0 Å². The normalized spacial score (nSPS) is 20.7. The molecule has 0 atom stereocenters. The van der Waals surface area contributed by atoms with Gasteiger partial charge in [0.1, 0.15) is 0 Å². The highest BCUT2D eigenvalue weighted by Gasteiger charge is 2.56. The zero-order valence-corrected chi connectivity index (χ0v) is 16.4. The van der Waals surface area contributed by atoms with Crippen molar-refractivity contribution in [2.75, 3.05) is 55.9 Å². The predicted octanol–water partition coefficient (Wildman–Crippen LogP) is 1.92. The van der Waals surface area contributed by atoms with E-state index in [1.807, 2.05) is 24.3 Å². The summed E-state index contributed by atoms with van der Waals surface area (Å²) >= 11 is 0. The second kappa shape index (κ2) is 7.35. The van der Waals surface area contributed by atoms with Crippen molar-refractivity contribution in [3.8, 4) is 0 Å². The van der Waals surface area contributed by atoms with Gasteiger partial charge in [-0.1, -0.05) is 18.2 Å². The number of anilines is 2. The highest BCUT2D eigenvalue weighted by atomic mass is 16.7. The van der Waals surface area contributed by atoms with E-state index in [4.69, 9.17) is 9.47 Å². The average Bonchev–Trinajstić information content (AvgIpc) is 3.36. The molecule has 156 valence electrons. The maximum Gasteiger partial charge on any atom is 0.293 e. The number of rotatable bonds is 4. The van der Waals surface area contributed by atoms with Gasteiger partial charge in [-0.3, -0.25) is 24.7 Å². The summed E-state index contributed by atoms with van der Waals surface area (Å²) in [5.41, 5.74) is 2.67. The van der Waals surface area contributed by atoms with Gasteiger partial charge in [-0.2, -0.15) is 0 Å². The SMILES string of the molecule is O=C1N(CN2CCN(c3ccc([N+](=O)[O-])cc3)CC2)c2ccccc2C12OCCO2.